The van der Waals surface area contributed by atoms with Crippen LogP contribution in [0.4, 0.5) is 19.0 Å². The summed E-state index contributed by atoms with van der Waals surface area (Å²) in [5.74, 6) is -2.27. The lowest BCUT2D eigenvalue weighted by Crippen LogP contribution is -2.03. The first-order valence-corrected chi connectivity index (χ1v) is 4.77. The van der Waals surface area contributed by atoms with E-state index in [1.54, 1.807) is 0 Å². The molecule has 8 heteroatoms. The maximum absolute atomic E-state index is 12.9. The second-order valence-electron chi connectivity index (χ2n) is 2.54. The molecule has 1 aromatic heterocycles. The van der Waals surface area contributed by atoms with Gasteiger partial charge in [0.2, 0.25) is 0 Å². The van der Waals surface area contributed by atoms with Gasteiger partial charge >= 0.3 is 11.8 Å². The third-order valence-corrected chi connectivity index (χ3v) is 2.22. The highest BCUT2D eigenvalue weighted by molar-refractivity contribution is 9.08. The van der Waals surface area contributed by atoms with Crippen LogP contribution in [0.1, 0.15) is 17.6 Å². The lowest BCUT2D eigenvalue weighted by atomic mass is 10.2. The molecule has 0 aromatic carbocycles. The van der Waals surface area contributed by atoms with E-state index in [0.717, 1.165) is 6.07 Å². The standard InChI is InChI=1S/C7H4BrF3N2O2/c8-2-3-1-4(5(9)10)6(11)12-7(3)13(14)15/h1,5H,2H2. The van der Waals surface area contributed by atoms with Gasteiger partial charge in [0.1, 0.15) is 0 Å². The van der Waals surface area contributed by atoms with Crippen LogP contribution in [-0.4, -0.2) is 9.91 Å². The molecule has 0 saturated carbocycles. The zero-order valence-electron chi connectivity index (χ0n) is 7.08. The Labute approximate surface area is 90.4 Å². The monoisotopic (exact) mass is 284 g/mol. The van der Waals surface area contributed by atoms with Gasteiger partial charge in [-0.15, -0.1) is 0 Å². The molecule has 0 aliphatic heterocycles. The minimum atomic E-state index is -3.05. The Bertz CT molecular complexity index is 400. The van der Waals surface area contributed by atoms with Crippen LogP contribution < -0.4 is 0 Å². The smallest absolute Gasteiger partial charge is 0.358 e. The van der Waals surface area contributed by atoms with E-state index >= 15 is 0 Å². The molecule has 0 bridgehead atoms. The normalized spacial score (nSPS) is 10.7. The molecular formula is C7H4BrF3N2O2. The molecule has 0 fully saturated rings. The third-order valence-electron chi connectivity index (χ3n) is 1.61. The van der Waals surface area contributed by atoms with Crippen molar-refractivity contribution in [2.24, 2.45) is 0 Å². The van der Waals surface area contributed by atoms with Crippen LogP contribution in [0.5, 0.6) is 0 Å². The molecule has 0 aliphatic carbocycles. The number of nitro groups is 1. The Morgan fingerprint density at radius 1 is 1.60 bits per heavy atom. The molecule has 0 N–H and O–H groups in total. The molecule has 1 rings (SSSR count). The molecular weight excluding hydrogens is 281 g/mol. The third kappa shape index (κ3) is 2.44. The average molecular weight is 285 g/mol. The highest BCUT2D eigenvalue weighted by Gasteiger charge is 2.25. The van der Waals surface area contributed by atoms with Gasteiger partial charge in [0, 0.05) is 5.33 Å². The Kier molecular flexibility index (Phi) is 3.61. The quantitative estimate of drug-likeness (QED) is 0.371. The molecule has 0 radical (unpaired) electrons. The van der Waals surface area contributed by atoms with Crippen molar-refractivity contribution in [2.45, 2.75) is 11.8 Å². The fraction of sp³-hybridized carbons (Fsp3) is 0.286. The minimum Gasteiger partial charge on any atom is -0.358 e. The lowest BCUT2D eigenvalue weighted by Gasteiger charge is -2.02. The van der Waals surface area contributed by atoms with Crippen molar-refractivity contribution >= 4 is 21.7 Å². The van der Waals surface area contributed by atoms with Crippen LogP contribution in [0.25, 0.3) is 0 Å². The predicted octanol–water partition coefficient (Wildman–Crippen LogP) is 2.96. The molecule has 0 spiro atoms. The summed E-state index contributed by atoms with van der Waals surface area (Å²) in [6, 6.07) is 0.736. The van der Waals surface area contributed by atoms with E-state index in [1.165, 1.54) is 0 Å². The summed E-state index contributed by atoms with van der Waals surface area (Å²) >= 11 is 2.87. The van der Waals surface area contributed by atoms with E-state index in [4.69, 9.17) is 0 Å². The first-order chi connectivity index (χ1) is 6.97. The number of alkyl halides is 3. The van der Waals surface area contributed by atoms with Crippen molar-refractivity contribution < 1.29 is 18.1 Å². The van der Waals surface area contributed by atoms with E-state index < -0.39 is 28.7 Å². The molecule has 15 heavy (non-hydrogen) atoms. The fourth-order valence-corrected chi connectivity index (χ4v) is 1.36. The van der Waals surface area contributed by atoms with E-state index in [0.29, 0.717) is 0 Å². The van der Waals surface area contributed by atoms with Gasteiger partial charge in [-0.3, -0.25) is 0 Å². The highest BCUT2D eigenvalue weighted by atomic mass is 79.9. The molecule has 0 atom stereocenters. The van der Waals surface area contributed by atoms with E-state index in [1.807, 2.05) is 0 Å². The zero-order chi connectivity index (χ0) is 11.6. The van der Waals surface area contributed by atoms with Gasteiger partial charge in [-0.1, -0.05) is 15.9 Å². The number of pyridine rings is 1. The molecule has 1 aromatic rings. The number of rotatable bonds is 3. The molecule has 4 nitrogen and oxygen atoms in total. The Hall–Kier alpha value is -1.18. The molecule has 1 heterocycles. The summed E-state index contributed by atoms with van der Waals surface area (Å²) in [6.45, 7) is 0. The largest absolute Gasteiger partial charge is 0.370 e. The lowest BCUT2D eigenvalue weighted by molar-refractivity contribution is -0.390. The fourth-order valence-electron chi connectivity index (χ4n) is 0.951. The molecule has 0 aliphatic rings. The van der Waals surface area contributed by atoms with Crippen LogP contribution in [0, 0.1) is 16.1 Å². The van der Waals surface area contributed by atoms with Gasteiger partial charge < -0.3 is 10.1 Å². The van der Waals surface area contributed by atoms with Crippen molar-refractivity contribution in [1.29, 1.82) is 0 Å². The van der Waals surface area contributed by atoms with E-state index in [-0.39, 0.29) is 10.9 Å². The SMILES string of the molecule is O=[N+]([O-])c1nc(F)c(C(F)F)cc1CBr. The van der Waals surface area contributed by atoms with Gasteiger partial charge in [-0.2, -0.15) is 4.39 Å². The van der Waals surface area contributed by atoms with Crippen LogP contribution in [0.2, 0.25) is 0 Å². The van der Waals surface area contributed by atoms with E-state index in [2.05, 4.69) is 20.9 Å². The number of hydrogen-bond donors (Lipinski definition) is 0. The number of hydrogen-bond acceptors (Lipinski definition) is 3. The molecule has 0 saturated heterocycles. The van der Waals surface area contributed by atoms with Crippen molar-refractivity contribution in [1.82, 2.24) is 4.98 Å². The number of halogens is 4. The predicted molar refractivity (Wildman–Crippen MR) is 48.4 cm³/mol. The van der Waals surface area contributed by atoms with Gasteiger partial charge in [0.25, 0.3) is 6.43 Å². The summed E-state index contributed by atoms with van der Waals surface area (Å²) in [5.41, 5.74) is -1.02. The topological polar surface area (TPSA) is 56.0 Å². The molecule has 0 amide bonds. The summed E-state index contributed by atoms with van der Waals surface area (Å²) in [5, 5.41) is 10.3. The minimum absolute atomic E-state index is 0.0453. The maximum atomic E-state index is 12.9. The van der Waals surface area contributed by atoms with Crippen molar-refractivity contribution in [3.8, 4) is 0 Å². The van der Waals surface area contributed by atoms with Crippen LogP contribution in [0.3, 0.4) is 0 Å². The van der Waals surface area contributed by atoms with Gasteiger partial charge in [-0.25, -0.2) is 8.78 Å². The summed E-state index contributed by atoms with van der Waals surface area (Å²) in [4.78, 5) is 12.3. The summed E-state index contributed by atoms with van der Waals surface area (Å²) < 4.78 is 37.3. The Morgan fingerprint density at radius 3 is 2.60 bits per heavy atom. The number of aromatic nitrogens is 1. The molecule has 0 unspecified atom stereocenters. The van der Waals surface area contributed by atoms with Crippen LogP contribution in [-0.2, 0) is 5.33 Å². The van der Waals surface area contributed by atoms with E-state index in [9.17, 15) is 23.3 Å². The zero-order valence-corrected chi connectivity index (χ0v) is 8.67. The average Bonchev–Trinajstić information content (AvgIpc) is 2.16. The molecule has 82 valence electrons. The van der Waals surface area contributed by atoms with Gasteiger partial charge in [0.05, 0.1) is 11.1 Å². The van der Waals surface area contributed by atoms with Crippen molar-refractivity contribution in [3.05, 3.63) is 33.3 Å². The number of nitrogens with zero attached hydrogens (tertiary/aromatic N) is 2. The second-order valence-corrected chi connectivity index (χ2v) is 3.10. The second kappa shape index (κ2) is 4.56. The van der Waals surface area contributed by atoms with Gasteiger partial charge in [0.15, 0.2) is 0 Å². The van der Waals surface area contributed by atoms with Gasteiger partial charge in [-0.05, 0) is 16.0 Å². The summed E-state index contributed by atoms with van der Waals surface area (Å²) in [7, 11) is 0. The summed E-state index contributed by atoms with van der Waals surface area (Å²) in [6.07, 6.45) is -3.05. The van der Waals surface area contributed by atoms with Crippen molar-refractivity contribution in [2.75, 3.05) is 0 Å². The van der Waals surface area contributed by atoms with Crippen LogP contribution >= 0.6 is 15.9 Å². The first kappa shape index (κ1) is 11.9. The van der Waals surface area contributed by atoms with Crippen molar-refractivity contribution in [3.63, 3.8) is 0 Å². The first-order valence-electron chi connectivity index (χ1n) is 3.65. The maximum Gasteiger partial charge on any atom is 0.370 e. The Morgan fingerprint density at radius 2 is 2.20 bits per heavy atom. The highest BCUT2D eigenvalue weighted by Crippen LogP contribution is 2.27. The van der Waals surface area contributed by atoms with Crippen LogP contribution in [0.15, 0.2) is 6.07 Å². The Balaban J connectivity index is 3.35.